The van der Waals surface area contributed by atoms with Crippen molar-refractivity contribution in [1.29, 1.82) is 0 Å². The van der Waals surface area contributed by atoms with Gasteiger partial charge in [0.1, 0.15) is 0 Å². The Morgan fingerprint density at radius 1 is 1.44 bits per heavy atom. The summed E-state index contributed by atoms with van der Waals surface area (Å²) in [4.78, 5) is 12.5. The minimum absolute atomic E-state index is 0.243. The van der Waals surface area contributed by atoms with Crippen LogP contribution in [0, 0.1) is 0 Å². The first-order chi connectivity index (χ1) is 8.49. The van der Waals surface area contributed by atoms with E-state index in [1.165, 1.54) is 0 Å². The van der Waals surface area contributed by atoms with Gasteiger partial charge >= 0.3 is 5.97 Å². The highest BCUT2D eigenvalue weighted by atomic mass is 79.9. The largest absolute Gasteiger partial charge is 0.481 e. The molecule has 1 aromatic rings. The third kappa shape index (κ3) is 5.85. The van der Waals surface area contributed by atoms with Gasteiger partial charge in [-0.3, -0.25) is 4.79 Å². The van der Waals surface area contributed by atoms with Crippen molar-refractivity contribution in [2.45, 2.75) is 25.8 Å². The van der Waals surface area contributed by atoms with Crippen molar-refractivity contribution in [3.05, 3.63) is 33.3 Å². The molecule has 0 fully saturated rings. The van der Waals surface area contributed by atoms with Crippen LogP contribution in [0.15, 0.2) is 22.7 Å². The number of nitrogens with zero attached hydrogens (tertiary/aromatic N) is 1. The molecule has 3 nitrogen and oxygen atoms in total. The predicted molar refractivity (Wildman–Crippen MR) is 77.0 cm³/mol. The minimum Gasteiger partial charge on any atom is -0.481 e. The average Bonchev–Trinajstić information content (AvgIpc) is 2.28. The summed E-state index contributed by atoms with van der Waals surface area (Å²) in [6, 6.07) is 5.86. The monoisotopic (exact) mass is 333 g/mol. The quantitative estimate of drug-likeness (QED) is 0.771. The molecule has 0 bridgehead atoms. The zero-order valence-corrected chi connectivity index (χ0v) is 12.7. The van der Waals surface area contributed by atoms with E-state index in [9.17, 15) is 4.79 Å². The van der Waals surface area contributed by atoms with Crippen LogP contribution in [0.1, 0.15) is 24.8 Å². The van der Waals surface area contributed by atoms with Gasteiger partial charge in [-0.15, -0.1) is 0 Å². The van der Waals surface area contributed by atoms with E-state index in [0.717, 1.165) is 34.6 Å². The van der Waals surface area contributed by atoms with Crippen LogP contribution in [-0.2, 0) is 11.3 Å². The molecule has 18 heavy (non-hydrogen) atoms. The zero-order valence-electron chi connectivity index (χ0n) is 10.3. The highest BCUT2D eigenvalue weighted by Gasteiger charge is 2.05. The van der Waals surface area contributed by atoms with E-state index < -0.39 is 5.97 Å². The molecule has 0 aliphatic rings. The van der Waals surface area contributed by atoms with Crippen molar-refractivity contribution < 1.29 is 9.90 Å². The second-order valence-electron chi connectivity index (χ2n) is 4.32. The number of halogens is 2. The van der Waals surface area contributed by atoms with E-state index in [2.05, 4.69) is 20.8 Å². The number of rotatable bonds is 7. The summed E-state index contributed by atoms with van der Waals surface area (Å²) >= 11 is 9.52. The molecule has 1 aromatic carbocycles. The number of unbranched alkanes of at least 4 members (excludes halogenated alkanes) is 1. The lowest BCUT2D eigenvalue weighted by molar-refractivity contribution is -0.137. The molecule has 0 amide bonds. The summed E-state index contributed by atoms with van der Waals surface area (Å²) in [5.41, 5.74) is 1.08. The lowest BCUT2D eigenvalue weighted by atomic mass is 10.2. The Balaban J connectivity index is 2.35. The van der Waals surface area contributed by atoms with Crippen LogP contribution >= 0.6 is 27.5 Å². The summed E-state index contributed by atoms with van der Waals surface area (Å²) in [6.45, 7) is 1.65. The Labute approximate surface area is 121 Å². The molecular weight excluding hydrogens is 318 g/mol. The van der Waals surface area contributed by atoms with Crippen molar-refractivity contribution >= 4 is 33.5 Å². The molecule has 0 heterocycles. The summed E-state index contributed by atoms with van der Waals surface area (Å²) in [5, 5.41) is 9.29. The molecule has 0 radical (unpaired) electrons. The van der Waals surface area contributed by atoms with Gasteiger partial charge in [-0.2, -0.15) is 0 Å². The van der Waals surface area contributed by atoms with E-state index in [-0.39, 0.29) is 6.42 Å². The number of hydrogen-bond acceptors (Lipinski definition) is 2. The SMILES string of the molecule is CN(CCCCC(=O)O)Cc1ccc(Br)cc1Cl. The van der Waals surface area contributed by atoms with Crippen LogP contribution in [-0.4, -0.2) is 29.6 Å². The van der Waals surface area contributed by atoms with Crippen molar-refractivity contribution in [1.82, 2.24) is 4.90 Å². The van der Waals surface area contributed by atoms with Crippen LogP contribution in [0.4, 0.5) is 0 Å². The summed E-state index contributed by atoms with van der Waals surface area (Å²) < 4.78 is 0.973. The lowest BCUT2D eigenvalue weighted by Crippen LogP contribution is -2.19. The lowest BCUT2D eigenvalue weighted by Gasteiger charge is -2.17. The van der Waals surface area contributed by atoms with Crippen molar-refractivity contribution in [3.63, 3.8) is 0 Å². The molecule has 5 heteroatoms. The molecule has 1 rings (SSSR count). The predicted octanol–water partition coefficient (Wildman–Crippen LogP) is 3.79. The van der Waals surface area contributed by atoms with Gasteiger partial charge < -0.3 is 10.0 Å². The van der Waals surface area contributed by atoms with Gasteiger partial charge in [0.05, 0.1) is 0 Å². The molecule has 100 valence electrons. The summed E-state index contributed by atoms with van der Waals surface area (Å²) in [7, 11) is 2.01. The fourth-order valence-electron chi connectivity index (χ4n) is 1.68. The smallest absolute Gasteiger partial charge is 0.303 e. The first kappa shape index (κ1) is 15.5. The molecule has 0 aliphatic heterocycles. The number of carboxylic acid groups (broad SMARTS) is 1. The highest BCUT2D eigenvalue weighted by Crippen LogP contribution is 2.22. The number of hydrogen-bond donors (Lipinski definition) is 1. The van der Waals surface area contributed by atoms with Crippen LogP contribution in [0.3, 0.4) is 0 Å². The number of carboxylic acids is 1. The summed E-state index contributed by atoms with van der Waals surface area (Å²) in [6.07, 6.45) is 1.84. The molecule has 0 aromatic heterocycles. The maximum atomic E-state index is 10.4. The first-order valence-corrected chi connectivity index (χ1v) is 7.00. The second kappa shape index (κ2) is 7.77. The molecule has 0 atom stereocenters. The van der Waals surface area contributed by atoms with E-state index in [4.69, 9.17) is 16.7 Å². The van der Waals surface area contributed by atoms with Gasteiger partial charge in [0.2, 0.25) is 0 Å². The van der Waals surface area contributed by atoms with Crippen molar-refractivity contribution in [3.8, 4) is 0 Å². The van der Waals surface area contributed by atoms with Crippen molar-refractivity contribution in [2.24, 2.45) is 0 Å². The van der Waals surface area contributed by atoms with Gasteiger partial charge in [-0.25, -0.2) is 0 Å². The van der Waals surface area contributed by atoms with Gasteiger partial charge in [0, 0.05) is 22.5 Å². The fourth-order valence-corrected chi connectivity index (χ4v) is 2.41. The Morgan fingerprint density at radius 3 is 2.78 bits per heavy atom. The minimum atomic E-state index is -0.728. The Hall–Kier alpha value is -0.580. The molecule has 0 unspecified atom stereocenters. The summed E-state index contributed by atoms with van der Waals surface area (Å²) in [5.74, 6) is -0.728. The normalized spacial score (nSPS) is 10.9. The van der Waals surface area contributed by atoms with Crippen LogP contribution in [0.5, 0.6) is 0 Å². The van der Waals surface area contributed by atoms with E-state index in [1.54, 1.807) is 0 Å². The fraction of sp³-hybridized carbons (Fsp3) is 0.462. The highest BCUT2D eigenvalue weighted by molar-refractivity contribution is 9.10. The number of aliphatic carboxylic acids is 1. The third-order valence-corrected chi connectivity index (χ3v) is 3.48. The molecule has 0 aliphatic carbocycles. The number of carbonyl (C=O) groups is 1. The number of benzene rings is 1. The van der Waals surface area contributed by atoms with Crippen LogP contribution < -0.4 is 0 Å². The zero-order chi connectivity index (χ0) is 13.5. The second-order valence-corrected chi connectivity index (χ2v) is 5.65. The maximum absolute atomic E-state index is 10.4. The van der Waals surface area contributed by atoms with E-state index in [0.29, 0.717) is 6.42 Å². The third-order valence-electron chi connectivity index (χ3n) is 2.64. The standard InChI is InChI=1S/C13H17BrClNO2/c1-16(7-3-2-4-13(17)18)9-10-5-6-11(14)8-12(10)15/h5-6,8H,2-4,7,9H2,1H3,(H,17,18). The molecule has 0 saturated carbocycles. The maximum Gasteiger partial charge on any atom is 0.303 e. The average molecular weight is 335 g/mol. The Kier molecular flexibility index (Phi) is 6.68. The van der Waals surface area contributed by atoms with Crippen LogP contribution in [0.25, 0.3) is 0 Å². The topological polar surface area (TPSA) is 40.5 Å². The van der Waals surface area contributed by atoms with E-state index in [1.807, 2.05) is 25.2 Å². The Bertz CT molecular complexity index is 412. The Morgan fingerprint density at radius 2 is 2.17 bits per heavy atom. The van der Waals surface area contributed by atoms with Gasteiger partial charge in [0.15, 0.2) is 0 Å². The molecule has 0 spiro atoms. The van der Waals surface area contributed by atoms with Gasteiger partial charge in [0.25, 0.3) is 0 Å². The van der Waals surface area contributed by atoms with Crippen molar-refractivity contribution in [2.75, 3.05) is 13.6 Å². The first-order valence-electron chi connectivity index (χ1n) is 5.83. The molecule has 1 N–H and O–H groups in total. The van der Waals surface area contributed by atoms with Crippen LogP contribution in [0.2, 0.25) is 5.02 Å². The van der Waals surface area contributed by atoms with E-state index >= 15 is 0 Å². The van der Waals surface area contributed by atoms with Gasteiger partial charge in [-0.1, -0.05) is 33.6 Å². The molecule has 0 saturated heterocycles. The van der Waals surface area contributed by atoms with Gasteiger partial charge in [-0.05, 0) is 44.1 Å². The molecular formula is C13H17BrClNO2.